The molecule has 0 saturated heterocycles. The van der Waals surface area contributed by atoms with Crippen LogP contribution in [0.5, 0.6) is 17.2 Å². The van der Waals surface area contributed by atoms with Gasteiger partial charge in [0.2, 0.25) is 5.91 Å². The summed E-state index contributed by atoms with van der Waals surface area (Å²) in [4.78, 5) is 12.0. The third-order valence-corrected chi connectivity index (χ3v) is 4.71. The lowest BCUT2D eigenvalue weighted by Crippen LogP contribution is -2.19. The Morgan fingerprint density at radius 3 is 2.60 bits per heavy atom. The summed E-state index contributed by atoms with van der Waals surface area (Å²) in [5.74, 6) is 1.03. The number of phenols is 1. The molecule has 0 bridgehead atoms. The predicted octanol–water partition coefficient (Wildman–Crippen LogP) is 3.31. The van der Waals surface area contributed by atoms with Crippen LogP contribution in [0.3, 0.4) is 0 Å². The van der Waals surface area contributed by atoms with E-state index in [1.807, 2.05) is 28.7 Å². The zero-order chi connectivity index (χ0) is 18.4. The number of carbonyl (C=O) groups excluding carboxylic acids is 1. The molecule has 6 nitrogen and oxygen atoms in total. The first-order valence-electron chi connectivity index (χ1n) is 7.15. The van der Waals surface area contributed by atoms with E-state index in [0.717, 1.165) is 12.7 Å². The number of halogens is 2. The van der Waals surface area contributed by atoms with Crippen molar-refractivity contribution in [3.8, 4) is 17.2 Å². The van der Waals surface area contributed by atoms with Crippen molar-refractivity contribution in [2.24, 2.45) is 5.10 Å². The molecule has 2 N–H and O–H groups in total. The van der Waals surface area contributed by atoms with Crippen molar-refractivity contribution >= 4 is 57.3 Å². The number of aromatic hydroxyl groups is 1. The van der Waals surface area contributed by atoms with E-state index in [4.69, 9.17) is 9.47 Å². The van der Waals surface area contributed by atoms with Gasteiger partial charge in [0.15, 0.2) is 11.5 Å². The molecule has 0 aliphatic rings. The lowest BCUT2D eigenvalue weighted by atomic mass is 10.1. The molecule has 0 aliphatic carbocycles. The number of hydrogen-bond donors (Lipinski definition) is 2. The van der Waals surface area contributed by atoms with Gasteiger partial charge < -0.3 is 14.6 Å². The van der Waals surface area contributed by atoms with Crippen LogP contribution in [-0.4, -0.2) is 31.4 Å². The van der Waals surface area contributed by atoms with Crippen molar-refractivity contribution in [1.82, 2.24) is 5.43 Å². The van der Waals surface area contributed by atoms with E-state index in [2.05, 4.69) is 33.1 Å². The second-order valence-corrected chi connectivity index (χ2v) is 7.39. The second-order valence-electron chi connectivity index (χ2n) is 4.98. The molecule has 0 unspecified atom stereocenters. The minimum Gasteiger partial charge on any atom is -0.506 e. The lowest BCUT2D eigenvalue weighted by Gasteiger charge is -2.09. The van der Waals surface area contributed by atoms with Crippen molar-refractivity contribution in [2.45, 2.75) is 6.42 Å². The number of ether oxygens (including phenoxy) is 2. The second kappa shape index (κ2) is 9.22. The summed E-state index contributed by atoms with van der Waals surface area (Å²) in [6.45, 7) is 0. The number of phenolic OH excluding ortho intramolecular Hbond substituents is 1. The number of nitrogens with zero attached hydrogens (tertiary/aromatic N) is 1. The van der Waals surface area contributed by atoms with Crippen LogP contribution in [0.4, 0.5) is 0 Å². The fourth-order valence-corrected chi connectivity index (χ4v) is 3.96. The van der Waals surface area contributed by atoms with E-state index >= 15 is 0 Å². The Morgan fingerprint density at radius 2 is 1.92 bits per heavy atom. The van der Waals surface area contributed by atoms with Crippen molar-refractivity contribution in [1.29, 1.82) is 0 Å². The van der Waals surface area contributed by atoms with Crippen LogP contribution in [-0.2, 0) is 11.2 Å². The Hall–Kier alpha value is -1.56. The summed E-state index contributed by atoms with van der Waals surface area (Å²) < 4.78 is 12.1. The number of benzene rings is 2. The molecule has 132 valence electrons. The van der Waals surface area contributed by atoms with Crippen LogP contribution in [0.2, 0.25) is 0 Å². The quantitative estimate of drug-likeness (QED) is 0.320. The van der Waals surface area contributed by atoms with Crippen molar-refractivity contribution in [2.75, 3.05) is 14.2 Å². The third kappa shape index (κ3) is 5.46. The van der Waals surface area contributed by atoms with Crippen LogP contribution in [0.1, 0.15) is 11.1 Å². The number of methoxy groups -OCH3 is 2. The highest BCUT2D eigenvalue weighted by molar-refractivity contribution is 14.1. The molecular formula is C17H16I2N2O4. The number of hydrogen-bond acceptors (Lipinski definition) is 5. The molecule has 0 atom stereocenters. The van der Waals surface area contributed by atoms with Gasteiger partial charge >= 0.3 is 0 Å². The average molecular weight is 566 g/mol. The van der Waals surface area contributed by atoms with E-state index in [9.17, 15) is 9.90 Å². The monoisotopic (exact) mass is 566 g/mol. The van der Waals surface area contributed by atoms with Crippen LogP contribution < -0.4 is 14.9 Å². The third-order valence-electron chi connectivity index (χ3n) is 3.26. The molecular weight excluding hydrogens is 550 g/mol. The first-order chi connectivity index (χ1) is 11.9. The van der Waals surface area contributed by atoms with E-state index < -0.39 is 0 Å². The Morgan fingerprint density at radius 1 is 1.20 bits per heavy atom. The molecule has 0 aromatic heterocycles. The van der Waals surface area contributed by atoms with Gasteiger partial charge in [-0.2, -0.15) is 5.10 Å². The van der Waals surface area contributed by atoms with Gasteiger partial charge in [0, 0.05) is 9.13 Å². The fourth-order valence-electron chi connectivity index (χ4n) is 2.07. The first kappa shape index (κ1) is 19.8. The smallest absolute Gasteiger partial charge is 0.244 e. The lowest BCUT2D eigenvalue weighted by molar-refractivity contribution is -0.120. The van der Waals surface area contributed by atoms with Crippen LogP contribution in [0, 0.1) is 7.14 Å². The van der Waals surface area contributed by atoms with Crippen molar-refractivity contribution < 1.29 is 19.4 Å². The maximum absolute atomic E-state index is 12.0. The van der Waals surface area contributed by atoms with E-state index in [1.165, 1.54) is 6.21 Å². The van der Waals surface area contributed by atoms with E-state index in [1.54, 1.807) is 38.5 Å². The molecule has 0 fully saturated rings. The van der Waals surface area contributed by atoms with Crippen LogP contribution in [0.25, 0.3) is 0 Å². The van der Waals surface area contributed by atoms with Gasteiger partial charge in [-0.25, -0.2) is 5.43 Å². The SMILES string of the molecule is COc1ccc(CC(=O)N/N=C/c2cc(I)cc(I)c2O)cc1OC. The molecule has 8 heteroatoms. The van der Waals surface area contributed by atoms with Gasteiger partial charge in [0.05, 0.1) is 30.4 Å². The topological polar surface area (TPSA) is 80.2 Å². The van der Waals surface area contributed by atoms with Gasteiger partial charge in [-0.15, -0.1) is 0 Å². The van der Waals surface area contributed by atoms with E-state index in [0.29, 0.717) is 17.1 Å². The zero-order valence-electron chi connectivity index (χ0n) is 13.5. The molecule has 0 radical (unpaired) electrons. The van der Waals surface area contributed by atoms with Crippen molar-refractivity contribution in [3.63, 3.8) is 0 Å². The minimum absolute atomic E-state index is 0.138. The molecule has 2 rings (SSSR count). The summed E-state index contributed by atoms with van der Waals surface area (Å²) in [5, 5.41) is 13.9. The molecule has 0 heterocycles. The summed E-state index contributed by atoms with van der Waals surface area (Å²) in [7, 11) is 3.10. The molecule has 0 saturated carbocycles. The van der Waals surface area contributed by atoms with Crippen molar-refractivity contribution in [3.05, 3.63) is 48.6 Å². The number of hydrazone groups is 1. The summed E-state index contributed by atoms with van der Waals surface area (Å²) in [6, 6.07) is 8.91. The molecule has 0 aliphatic heterocycles. The predicted molar refractivity (Wildman–Crippen MR) is 113 cm³/mol. The number of carbonyl (C=O) groups is 1. The van der Waals surface area contributed by atoms with Crippen LogP contribution in [0.15, 0.2) is 35.4 Å². The van der Waals surface area contributed by atoms with E-state index in [-0.39, 0.29) is 18.1 Å². The number of nitrogens with one attached hydrogen (secondary N) is 1. The van der Waals surface area contributed by atoms with Crippen LogP contribution >= 0.6 is 45.2 Å². The number of rotatable bonds is 6. The molecule has 2 aromatic rings. The maximum atomic E-state index is 12.0. The maximum Gasteiger partial charge on any atom is 0.244 e. The molecule has 1 amide bonds. The Bertz CT molecular complexity index is 809. The molecule has 2 aromatic carbocycles. The fraction of sp³-hybridized carbons (Fsp3) is 0.176. The largest absolute Gasteiger partial charge is 0.506 e. The van der Waals surface area contributed by atoms with Gasteiger partial charge in [-0.3, -0.25) is 4.79 Å². The number of amides is 1. The highest BCUT2D eigenvalue weighted by Gasteiger charge is 2.08. The minimum atomic E-state index is -0.275. The molecule has 0 spiro atoms. The Kier molecular flexibility index (Phi) is 7.29. The highest BCUT2D eigenvalue weighted by atomic mass is 127. The van der Waals surface area contributed by atoms with Gasteiger partial charge in [-0.05, 0) is 75.0 Å². The Balaban J connectivity index is 2.01. The summed E-state index contributed by atoms with van der Waals surface area (Å²) in [6.07, 6.45) is 1.57. The van der Waals surface area contributed by atoms with Gasteiger partial charge in [-0.1, -0.05) is 6.07 Å². The summed E-state index contributed by atoms with van der Waals surface area (Å²) >= 11 is 4.20. The average Bonchev–Trinajstić information content (AvgIpc) is 2.58. The van der Waals surface area contributed by atoms with Gasteiger partial charge in [0.1, 0.15) is 5.75 Å². The first-order valence-corrected chi connectivity index (χ1v) is 9.31. The zero-order valence-corrected chi connectivity index (χ0v) is 17.9. The van der Waals surface area contributed by atoms with Gasteiger partial charge in [0.25, 0.3) is 0 Å². The summed E-state index contributed by atoms with van der Waals surface area (Å²) in [5.41, 5.74) is 3.77. The Labute approximate surface area is 172 Å². The standard InChI is InChI=1S/C17H16I2N2O4/c1-24-14-4-3-10(5-15(14)25-2)6-16(22)21-20-9-11-7-12(18)8-13(19)17(11)23/h3-5,7-9,23H,6H2,1-2H3,(H,21,22)/b20-9+. The highest BCUT2D eigenvalue weighted by Crippen LogP contribution is 2.28. The normalized spacial score (nSPS) is 10.7. The molecule has 25 heavy (non-hydrogen) atoms.